The van der Waals surface area contributed by atoms with Crippen LogP contribution in [0.4, 0.5) is 11.4 Å². The molecule has 1 N–H and O–H groups in total. The number of rotatable bonds is 12. The Labute approximate surface area is 261 Å². The maximum absolute atomic E-state index is 14.5. The molecule has 10 nitrogen and oxygen atoms in total. The van der Waals surface area contributed by atoms with Crippen LogP contribution in [-0.2, 0) is 23.9 Å². The predicted octanol–water partition coefficient (Wildman–Crippen LogP) is 4.43. The zero-order valence-electron chi connectivity index (χ0n) is 25.2. The molecule has 1 unspecified atom stereocenters. The zero-order valence-corrected chi connectivity index (χ0v) is 26.1. The van der Waals surface area contributed by atoms with Crippen LogP contribution in [0.2, 0.25) is 0 Å². The Morgan fingerprint density at radius 2 is 1.20 bits per heavy atom. The minimum Gasteiger partial charge on any atom is -0.464 e. The number of ether oxygens (including phenoxy) is 2. The lowest BCUT2D eigenvalue weighted by Gasteiger charge is -2.38. The van der Waals surface area contributed by atoms with Crippen molar-refractivity contribution in [3.8, 4) is 0 Å². The van der Waals surface area contributed by atoms with Crippen LogP contribution < -0.4 is 21.3 Å². The molecule has 0 aromatic heterocycles. The van der Waals surface area contributed by atoms with E-state index in [9.17, 15) is 24.5 Å². The first-order valence-corrected chi connectivity index (χ1v) is 16.1. The summed E-state index contributed by atoms with van der Waals surface area (Å²) in [6, 6.07) is 31.9. The number of nitro groups is 1. The van der Waals surface area contributed by atoms with Gasteiger partial charge in [-0.05, 0) is 48.8 Å². The van der Waals surface area contributed by atoms with E-state index in [1.54, 1.807) is 13.8 Å². The van der Waals surface area contributed by atoms with Crippen LogP contribution in [-0.4, -0.2) is 52.3 Å². The highest BCUT2D eigenvalue weighted by Crippen LogP contribution is 2.48. The maximum Gasteiger partial charge on any atom is 0.337 e. The highest BCUT2D eigenvalue weighted by atomic mass is 31.2. The summed E-state index contributed by atoms with van der Waals surface area (Å²) in [6.07, 6.45) is 0. The summed E-state index contributed by atoms with van der Waals surface area (Å²) in [5.74, 6) is -2.23. The molecule has 0 heterocycles. The zero-order chi connectivity index (χ0) is 32.4. The molecule has 0 aliphatic carbocycles. The Hall–Kier alpha value is -5.21. The van der Waals surface area contributed by atoms with Crippen LogP contribution in [0, 0.1) is 10.1 Å². The van der Waals surface area contributed by atoms with E-state index < -0.39 is 35.7 Å². The molecule has 1 amide bonds. The number of anilines is 1. The molecule has 232 valence electrons. The van der Waals surface area contributed by atoms with Crippen LogP contribution in [0.25, 0.3) is 0 Å². The average Bonchev–Trinajstić information content (AvgIpc) is 3.06. The van der Waals surface area contributed by atoms with Gasteiger partial charge in [0.15, 0.2) is 6.04 Å². The molecule has 0 aliphatic rings. The number of benzene rings is 4. The molecular weight excluding hydrogens is 593 g/mol. The van der Waals surface area contributed by atoms with Gasteiger partial charge in [-0.3, -0.25) is 20.3 Å². The van der Waals surface area contributed by atoms with E-state index in [-0.39, 0.29) is 29.9 Å². The van der Waals surface area contributed by atoms with Crippen molar-refractivity contribution in [2.24, 2.45) is 0 Å². The maximum atomic E-state index is 14.5. The van der Waals surface area contributed by atoms with Crippen LogP contribution in [0.1, 0.15) is 20.8 Å². The standard InChI is InChI=1S/C34H34N3O7P/c1-4-43-33(39)31(36(25(3)38)35-26-21-23-27(24-22-26)37(41)42)32(34(40)44-5-2)45(28-15-9-6-10-16-28,29-17-11-7-12-18-29)30-19-13-8-14-20-30/h6-24,31,35H,4-5H2,1-3H3. The lowest BCUT2D eigenvalue weighted by Crippen LogP contribution is -2.56. The Morgan fingerprint density at radius 1 is 0.756 bits per heavy atom. The number of nitrogens with zero attached hydrogens (tertiary/aromatic N) is 2. The van der Waals surface area contributed by atoms with Gasteiger partial charge in [0.25, 0.3) is 5.69 Å². The SMILES string of the molecule is CCOC(=O)C(C(C(=O)OCC)N(Nc1ccc([N+](=O)[O-])cc1)C(C)=O)=P(c1ccccc1)(c1ccccc1)c1ccccc1. The molecule has 45 heavy (non-hydrogen) atoms. The number of hydrogen-bond acceptors (Lipinski definition) is 8. The molecule has 1 atom stereocenters. The van der Waals surface area contributed by atoms with Crippen molar-refractivity contribution in [1.29, 1.82) is 0 Å². The lowest BCUT2D eigenvalue weighted by molar-refractivity contribution is -0.384. The van der Waals surface area contributed by atoms with Crippen molar-refractivity contribution in [1.82, 2.24) is 5.01 Å². The van der Waals surface area contributed by atoms with Gasteiger partial charge in [0.2, 0.25) is 5.91 Å². The molecule has 0 bridgehead atoms. The minimum atomic E-state index is -3.28. The second-order valence-corrected chi connectivity index (χ2v) is 13.1. The van der Waals surface area contributed by atoms with Gasteiger partial charge >= 0.3 is 11.9 Å². The van der Waals surface area contributed by atoms with Gasteiger partial charge in [0, 0.05) is 19.1 Å². The fourth-order valence-electron chi connectivity index (χ4n) is 5.14. The summed E-state index contributed by atoms with van der Waals surface area (Å²) in [7, 11) is 0. The minimum absolute atomic E-state index is 0.00605. The van der Waals surface area contributed by atoms with Gasteiger partial charge in [-0.1, -0.05) is 91.0 Å². The smallest absolute Gasteiger partial charge is 0.337 e. The van der Waals surface area contributed by atoms with Gasteiger partial charge in [-0.15, -0.1) is 0 Å². The molecule has 4 rings (SSSR count). The molecule has 4 aromatic carbocycles. The Balaban J connectivity index is 2.20. The number of nitrogens with one attached hydrogen (secondary N) is 1. The lowest BCUT2D eigenvalue weighted by atomic mass is 10.2. The van der Waals surface area contributed by atoms with Gasteiger partial charge in [0.1, 0.15) is 0 Å². The third kappa shape index (κ3) is 6.97. The fourth-order valence-corrected chi connectivity index (χ4v) is 9.65. The normalized spacial score (nSPS) is 11.5. The molecule has 0 spiro atoms. The first-order chi connectivity index (χ1) is 21.7. The summed E-state index contributed by atoms with van der Waals surface area (Å²) in [4.78, 5) is 52.8. The van der Waals surface area contributed by atoms with Crippen molar-refractivity contribution >= 4 is 57.3 Å². The van der Waals surface area contributed by atoms with E-state index in [0.717, 1.165) is 20.9 Å². The van der Waals surface area contributed by atoms with Crippen molar-refractivity contribution < 1.29 is 28.8 Å². The van der Waals surface area contributed by atoms with Gasteiger partial charge < -0.3 is 9.47 Å². The van der Waals surface area contributed by atoms with E-state index >= 15 is 0 Å². The molecule has 0 aliphatic heterocycles. The molecular formula is C34H34N3O7P. The van der Waals surface area contributed by atoms with Gasteiger partial charge in [0.05, 0.1) is 29.1 Å². The van der Waals surface area contributed by atoms with E-state index in [2.05, 4.69) is 5.43 Å². The van der Waals surface area contributed by atoms with Crippen molar-refractivity contribution in [3.63, 3.8) is 0 Å². The summed E-state index contributed by atoms with van der Waals surface area (Å²) in [5, 5.41) is 14.6. The van der Waals surface area contributed by atoms with Gasteiger partial charge in [-0.25, -0.2) is 14.6 Å². The number of non-ortho nitro benzene ring substituents is 1. The van der Waals surface area contributed by atoms with Crippen molar-refractivity contribution in [2.75, 3.05) is 18.6 Å². The van der Waals surface area contributed by atoms with Crippen LogP contribution in [0.5, 0.6) is 0 Å². The third-order valence-electron chi connectivity index (χ3n) is 6.97. The second kappa shape index (κ2) is 15.0. The first kappa shape index (κ1) is 32.7. The number of amides is 1. The first-order valence-electron chi connectivity index (χ1n) is 14.3. The highest BCUT2D eigenvalue weighted by Gasteiger charge is 2.45. The third-order valence-corrected chi connectivity index (χ3v) is 11.3. The molecule has 0 radical (unpaired) electrons. The Morgan fingerprint density at radius 3 is 1.58 bits per heavy atom. The quantitative estimate of drug-likeness (QED) is 0.106. The van der Waals surface area contributed by atoms with E-state index in [1.165, 1.54) is 31.2 Å². The van der Waals surface area contributed by atoms with E-state index in [0.29, 0.717) is 0 Å². The monoisotopic (exact) mass is 627 g/mol. The molecule has 4 aromatic rings. The fraction of sp³-hybridized carbons (Fsp3) is 0.176. The summed E-state index contributed by atoms with van der Waals surface area (Å²) >= 11 is 0. The molecule has 0 fully saturated rings. The Bertz CT molecular complexity index is 1590. The number of carbonyl (C=O) groups is 3. The van der Waals surface area contributed by atoms with E-state index in [1.807, 2.05) is 91.0 Å². The topological polar surface area (TPSA) is 128 Å². The molecule has 0 saturated heterocycles. The van der Waals surface area contributed by atoms with E-state index in [4.69, 9.17) is 9.47 Å². The van der Waals surface area contributed by atoms with Crippen LogP contribution in [0.15, 0.2) is 115 Å². The largest absolute Gasteiger partial charge is 0.464 e. The van der Waals surface area contributed by atoms with Crippen LogP contribution in [0.3, 0.4) is 0 Å². The summed E-state index contributed by atoms with van der Waals surface area (Å²) in [5.41, 5.74) is 3.06. The van der Waals surface area contributed by atoms with Crippen molar-refractivity contribution in [3.05, 3.63) is 125 Å². The highest BCUT2D eigenvalue weighted by molar-refractivity contribution is 7.96. The Kier molecular flexibility index (Phi) is 10.9. The predicted molar refractivity (Wildman–Crippen MR) is 176 cm³/mol. The van der Waals surface area contributed by atoms with Crippen LogP contribution >= 0.6 is 6.89 Å². The average molecular weight is 628 g/mol. The number of nitro benzene ring substituents is 1. The number of carbonyl (C=O) groups excluding carboxylic acids is 3. The second-order valence-electron chi connectivity index (χ2n) is 9.74. The van der Waals surface area contributed by atoms with Gasteiger partial charge in [-0.2, -0.15) is 0 Å². The molecule has 11 heteroatoms. The number of esters is 2. The summed E-state index contributed by atoms with van der Waals surface area (Å²) < 4.78 is 11.3. The van der Waals surface area contributed by atoms with Crippen molar-refractivity contribution in [2.45, 2.75) is 26.8 Å². The number of hydrogen-bond donors (Lipinski definition) is 1. The summed E-state index contributed by atoms with van der Waals surface area (Å²) in [6.45, 7) is 1.25. The number of hydrazine groups is 1. The molecule has 0 saturated carbocycles.